The Morgan fingerprint density at radius 3 is 2.33 bits per heavy atom. The number of ether oxygens (including phenoxy) is 1. The molecule has 92 valence electrons. The van der Waals surface area contributed by atoms with Gasteiger partial charge in [0, 0.05) is 30.3 Å². The Kier molecular flexibility index (Phi) is 7.66. The summed E-state index contributed by atoms with van der Waals surface area (Å²) in [7, 11) is 3.82. The molecule has 0 amide bonds. The first-order valence-corrected chi connectivity index (χ1v) is 6.69. The molecule has 0 aromatic carbocycles. The summed E-state index contributed by atoms with van der Waals surface area (Å²) in [6, 6.07) is 0.587. The van der Waals surface area contributed by atoms with E-state index in [-0.39, 0.29) is 0 Å². The molecular weight excluding hydrogens is 206 g/mol. The Hall–Kier alpha value is 0.270. The van der Waals surface area contributed by atoms with Crippen LogP contribution in [0.4, 0.5) is 0 Å². The third-order valence-corrected chi connectivity index (χ3v) is 3.92. The van der Waals surface area contributed by atoms with Crippen LogP contribution in [0.2, 0.25) is 0 Å². The third-order valence-electron chi connectivity index (χ3n) is 2.53. The number of rotatable bonds is 7. The van der Waals surface area contributed by atoms with Crippen LogP contribution >= 0.6 is 11.8 Å². The predicted molar refractivity (Wildman–Crippen MR) is 70.7 cm³/mol. The molecule has 0 saturated carbocycles. The van der Waals surface area contributed by atoms with Crippen molar-refractivity contribution in [3.05, 3.63) is 0 Å². The summed E-state index contributed by atoms with van der Waals surface area (Å²) in [4.78, 5) is 0. The molecule has 0 heterocycles. The van der Waals surface area contributed by atoms with Crippen LogP contribution in [0.15, 0.2) is 0 Å². The minimum atomic E-state index is 0.357. The monoisotopic (exact) mass is 233 g/mol. The normalized spacial score (nSPS) is 16.4. The highest BCUT2D eigenvalue weighted by atomic mass is 32.2. The summed E-state index contributed by atoms with van der Waals surface area (Å²) in [6.07, 6.45) is 1.13. The average Bonchev–Trinajstić information content (AvgIpc) is 2.13. The third kappa shape index (κ3) is 8.12. The van der Waals surface area contributed by atoms with Crippen LogP contribution in [0.1, 0.15) is 34.1 Å². The zero-order valence-electron chi connectivity index (χ0n) is 11.1. The topological polar surface area (TPSA) is 21.3 Å². The second kappa shape index (κ2) is 7.53. The van der Waals surface area contributed by atoms with Crippen molar-refractivity contribution in [2.75, 3.05) is 26.5 Å². The Balaban J connectivity index is 3.90. The molecular formula is C12H27NOS. The van der Waals surface area contributed by atoms with Crippen molar-refractivity contribution in [3.63, 3.8) is 0 Å². The Bertz CT molecular complexity index is 156. The highest BCUT2D eigenvalue weighted by Crippen LogP contribution is 2.25. The van der Waals surface area contributed by atoms with Crippen molar-refractivity contribution in [2.45, 2.75) is 44.9 Å². The van der Waals surface area contributed by atoms with E-state index in [0.717, 1.165) is 13.0 Å². The molecule has 0 bridgehead atoms. The zero-order chi connectivity index (χ0) is 11.9. The fraction of sp³-hybridized carbons (Fsp3) is 1.00. The van der Waals surface area contributed by atoms with Gasteiger partial charge in [-0.1, -0.05) is 27.7 Å². The van der Waals surface area contributed by atoms with Gasteiger partial charge in [0.15, 0.2) is 0 Å². The van der Waals surface area contributed by atoms with Crippen LogP contribution in [0, 0.1) is 5.92 Å². The lowest BCUT2D eigenvalue weighted by Crippen LogP contribution is -2.36. The zero-order valence-corrected chi connectivity index (χ0v) is 11.9. The van der Waals surface area contributed by atoms with Gasteiger partial charge in [-0.2, -0.15) is 11.8 Å². The quantitative estimate of drug-likeness (QED) is 0.730. The largest absolute Gasteiger partial charge is 0.385 e. The van der Waals surface area contributed by atoms with E-state index in [9.17, 15) is 0 Å². The van der Waals surface area contributed by atoms with E-state index in [1.165, 1.54) is 5.75 Å². The predicted octanol–water partition coefficient (Wildman–Crippen LogP) is 2.78. The minimum Gasteiger partial charge on any atom is -0.385 e. The van der Waals surface area contributed by atoms with E-state index in [4.69, 9.17) is 4.74 Å². The van der Waals surface area contributed by atoms with Crippen molar-refractivity contribution < 1.29 is 4.74 Å². The van der Waals surface area contributed by atoms with Gasteiger partial charge >= 0.3 is 0 Å². The lowest BCUT2D eigenvalue weighted by Gasteiger charge is -2.27. The number of thioether (sulfide) groups is 1. The second-order valence-electron chi connectivity index (χ2n) is 5.08. The molecule has 2 atom stereocenters. The lowest BCUT2D eigenvalue weighted by atomic mass is 10.0. The Morgan fingerprint density at radius 1 is 1.33 bits per heavy atom. The molecule has 0 spiro atoms. The van der Waals surface area contributed by atoms with Gasteiger partial charge in [-0.25, -0.2) is 0 Å². The van der Waals surface area contributed by atoms with Gasteiger partial charge in [-0.3, -0.25) is 0 Å². The van der Waals surface area contributed by atoms with Gasteiger partial charge in [0.05, 0.1) is 0 Å². The van der Waals surface area contributed by atoms with E-state index in [0.29, 0.717) is 16.7 Å². The molecule has 3 heteroatoms. The summed E-state index contributed by atoms with van der Waals surface area (Å²) in [6.45, 7) is 9.96. The number of nitrogens with one attached hydrogen (secondary N) is 1. The molecule has 0 aromatic rings. The summed E-state index contributed by atoms with van der Waals surface area (Å²) in [5.41, 5.74) is 0. The summed E-state index contributed by atoms with van der Waals surface area (Å²) < 4.78 is 5.48. The van der Waals surface area contributed by atoms with Crippen molar-refractivity contribution in [1.82, 2.24) is 5.32 Å². The van der Waals surface area contributed by atoms with Crippen molar-refractivity contribution >= 4 is 11.8 Å². The fourth-order valence-electron chi connectivity index (χ4n) is 1.38. The maximum absolute atomic E-state index is 5.12. The van der Waals surface area contributed by atoms with Crippen LogP contribution in [0.5, 0.6) is 0 Å². The highest BCUT2D eigenvalue weighted by Gasteiger charge is 2.19. The smallest absolute Gasteiger partial charge is 0.0465 e. The second-order valence-corrected chi connectivity index (χ2v) is 6.92. The van der Waals surface area contributed by atoms with Crippen LogP contribution in [-0.2, 0) is 4.74 Å². The van der Waals surface area contributed by atoms with Crippen molar-refractivity contribution in [2.24, 2.45) is 5.92 Å². The van der Waals surface area contributed by atoms with Gasteiger partial charge < -0.3 is 10.1 Å². The van der Waals surface area contributed by atoms with E-state index in [2.05, 4.69) is 40.1 Å². The molecule has 2 nitrogen and oxygen atoms in total. The van der Waals surface area contributed by atoms with Crippen molar-refractivity contribution in [1.29, 1.82) is 0 Å². The van der Waals surface area contributed by atoms with E-state index < -0.39 is 0 Å². The number of hydrogen-bond donors (Lipinski definition) is 1. The lowest BCUT2D eigenvalue weighted by molar-refractivity contribution is 0.173. The van der Waals surface area contributed by atoms with E-state index in [1.54, 1.807) is 7.11 Å². The first-order valence-electron chi connectivity index (χ1n) is 5.71. The molecule has 0 fully saturated rings. The maximum atomic E-state index is 5.12. The molecule has 1 N–H and O–H groups in total. The van der Waals surface area contributed by atoms with Crippen molar-refractivity contribution in [3.8, 4) is 0 Å². The molecule has 0 aliphatic carbocycles. The average molecular weight is 233 g/mol. The fourth-order valence-corrected chi connectivity index (χ4v) is 2.55. The Labute approximate surface area is 99.5 Å². The molecule has 0 aromatic heterocycles. The van der Waals surface area contributed by atoms with Gasteiger partial charge in [0.25, 0.3) is 0 Å². The number of methoxy groups -OCH3 is 1. The molecule has 15 heavy (non-hydrogen) atoms. The summed E-state index contributed by atoms with van der Waals surface area (Å²) in [5.74, 6) is 1.84. The molecule has 0 radical (unpaired) electrons. The maximum Gasteiger partial charge on any atom is 0.0465 e. The molecule has 0 rings (SSSR count). The van der Waals surface area contributed by atoms with E-state index >= 15 is 0 Å². The van der Waals surface area contributed by atoms with Crippen LogP contribution in [0.25, 0.3) is 0 Å². The SMILES string of the molecule is CNC(CSC(C)(C)C)C(C)CCOC. The summed E-state index contributed by atoms with van der Waals surface area (Å²) in [5, 5.41) is 3.41. The van der Waals surface area contributed by atoms with Crippen LogP contribution in [0.3, 0.4) is 0 Å². The first kappa shape index (κ1) is 15.3. The molecule has 0 saturated heterocycles. The molecule has 2 unspecified atom stereocenters. The highest BCUT2D eigenvalue weighted by molar-refractivity contribution is 8.00. The summed E-state index contributed by atoms with van der Waals surface area (Å²) >= 11 is 2.02. The van der Waals surface area contributed by atoms with Gasteiger partial charge in [-0.05, 0) is 19.4 Å². The van der Waals surface area contributed by atoms with E-state index in [1.807, 2.05) is 11.8 Å². The molecule has 0 aliphatic heterocycles. The van der Waals surface area contributed by atoms with Gasteiger partial charge in [-0.15, -0.1) is 0 Å². The minimum absolute atomic E-state index is 0.357. The Morgan fingerprint density at radius 2 is 1.93 bits per heavy atom. The van der Waals surface area contributed by atoms with Crippen LogP contribution < -0.4 is 5.32 Å². The van der Waals surface area contributed by atoms with Crippen LogP contribution in [-0.4, -0.2) is 37.3 Å². The first-order chi connectivity index (χ1) is 6.90. The standard InChI is InChI=1S/C12H27NOS/c1-10(7-8-14-6)11(13-5)9-15-12(2,3)4/h10-11,13H,7-9H2,1-6H3. The number of hydrogen-bond acceptors (Lipinski definition) is 3. The van der Waals surface area contributed by atoms with Gasteiger partial charge in [0.1, 0.15) is 0 Å². The van der Waals surface area contributed by atoms with Gasteiger partial charge in [0.2, 0.25) is 0 Å². The molecule has 0 aliphatic rings.